The van der Waals surface area contributed by atoms with Crippen molar-refractivity contribution in [2.24, 2.45) is 0 Å². The van der Waals surface area contributed by atoms with E-state index in [0.717, 1.165) is 25.7 Å². The molecule has 0 bridgehead atoms. The summed E-state index contributed by atoms with van der Waals surface area (Å²) in [6.45, 7) is 5.49. The van der Waals surface area contributed by atoms with Crippen LogP contribution in [0.25, 0.3) is 0 Å². The van der Waals surface area contributed by atoms with Gasteiger partial charge in [-0.2, -0.15) is 0 Å². The molecular weight excluding hydrogens is 242 g/mol. The summed E-state index contributed by atoms with van der Waals surface area (Å²) in [4.78, 5) is 14.1. The molecule has 0 atom stereocenters. The SMILES string of the molecule is CCCCN(CCCC)C(=O)c1cc(O)c[c]c1O. The van der Waals surface area contributed by atoms with Crippen LogP contribution in [0.15, 0.2) is 12.1 Å². The lowest BCUT2D eigenvalue weighted by atomic mass is 10.1. The van der Waals surface area contributed by atoms with Gasteiger partial charge in [0.2, 0.25) is 0 Å². The summed E-state index contributed by atoms with van der Waals surface area (Å²) in [5.74, 6) is -0.514. The van der Waals surface area contributed by atoms with Gasteiger partial charge in [0.1, 0.15) is 11.5 Å². The normalized spacial score (nSPS) is 10.4. The number of rotatable bonds is 7. The molecule has 1 amide bonds. The van der Waals surface area contributed by atoms with Crippen LogP contribution in [0.5, 0.6) is 11.5 Å². The van der Waals surface area contributed by atoms with Gasteiger partial charge in [-0.25, -0.2) is 0 Å². The number of unbranched alkanes of at least 4 members (excludes halogenated alkanes) is 2. The molecule has 0 saturated heterocycles. The van der Waals surface area contributed by atoms with E-state index in [4.69, 9.17) is 0 Å². The van der Waals surface area contributed by atoms with Gasteiger partial charge >= 0.3 is 0 Å². The van der Waals surface area contributed by atoms with Gasteiger partial charge < -0.3 is 15.1 Å². The van der Waals surface area contributed by atoms with E-state index < -0.39 is 0 Å². The van der Waals surface area contributed by atoms with Gasteiger partial charge in [-0.05, 0) is 25.0 Å². The molecule has 4 nitrogen and oxygen atoms in total. The van der Waals surface area contributed by atoms with Gasteiger partial charge in [0.25, 0.3) is 5.91 Å². The zero-order valence-corrected chi connectivity index (χ0v) is 11.6. The molecule has 19 heavy (non-hydrogen) atoms. The van der Waals surface area contributed by atoms with E-state index in [1.807, 2.05) is 0 Å². The van der Waals surface area contributed by atoms with E-state index in [1.165, 1.54) is 12.1 Å². The van der Waals surface area contributed by atoms with E-state index in [9.17, 15) is 15.0 Å². The first-order valence-corrected chi connectivity index (χ1v) is 6.83. The maximum Gasteiger partial charge on any atom is 0.257 e. The van der Waals surface area contributed by atoms with E-state index in [-0.39, 0.29) is 23.0 Å². The van der Waals surface area contributed by atoms with Gasteiger partial charge in [0.05, 0.1) is 5.56 Å². The molecule has 0 aliphatic carbocycles. The van der Waals surface area contributed by atoms with Crippen molar-refractivity contribution in [3.05, 3.63) is 23.8 Å². The predicted molar refractivity (Wildman–Crippen MR) is 74.3 cm³/mol. The molecule has 0 aliphatic rings. The number of carbonyl (C=O) groups is 1. The standard InChI is InChI=1S/C15H22NO3/c1-3-5-9-16(10-6-4-2)15(19)13-11-12(17)7-8-14(13)18/h7,11,17-18H,3-6,9-10H2,1-2H3. The number of aromatic hydroxyl groups is 2. The summed E-state index contributed by atoms with van der Waals surface area (Å²) < 4.78 is 0. The first-order valence-electron chi connectivity index (χ1n) is 6.83. The molecule has 0 saturated carbocycles. The van der Waals surface area contributed by atoms with Crippen LogP contribution in [0.4, 0.5) is 0 Å². The highest BCUT2D eigenvalue weighted by Crippen LogP contribution is 2.23. The molecule has 4 heteroatoms. The monoisotopic (exact) mass is 264 g/mol. The summed E-state index contributed by atoms with van der Waals surface area (Å²) in [6, 6.07) is 5.01. The molecule has 1 rings (SSSR count). The van der Waals surface area contributed by atoms with Crippen LogP contribution in [0.3, 0.4) is 0 Å². The summed E-state index contributed by atoms with van der Waals surface area (Å²) in [6.07, 6.45) is 3.87. The number of phenolic OH excluding ortho intramolecular Hbond substituents is 2. The van der Waals surface area contributed by atoms with Crippen LogP contribution in [0, 0.1) is 6.07 Å². The second-order valence-corrected chi connectivity index (χ2v) is 4.62. The molecule has 1 aromatic rings. The molecule has 0 aliphatic heterocycles. The number of benzene rings is 1. The Morgan fingerprint density at radius 1 is 1.21 bits per heavy atom. The van der Waals surface area contributed by atoms with E-state index in [0.29, 0.717) is 13.1 Å². The van der Waals surface area contributed by atoms with Crippen LogP contribution >= 0.6 is 0 Å². The molecule has 0 aromatic heterocycles. The molecule has 0 unspecified atom stereocenters. The van der Waals surface area contributed by atoms with E-state index in [2.05, 4.69) is 19.9 Å². The van der Waals surface area contributed by atoms with Gasteiger partial charge in [-0.1, -0.05) is 26.7 Å². The Labute approximate surface area is 114 Å². The van der Waals surface area contributed by atoms with Crippen molar-refractivity contribution in [2.45, 2.75) is 39.5 Å². The largest absolute Gasteiger partial charge is 0.508 e. The van der Waals surface area contributed by atoms with Gasteiger partial charge in [-0.3, -0.25) is 4.79 Å². The van der Waals surface area contributed by atoms with Crippen molar-refractivity contribution in [1.82, 2.24) is 4.90 Å². The molecule has 0 fully saturated rings. The van der Waals surface area contributed by atoms with Gasteiger partial charge in [0, 0.05) is 19.2 Å². The molecule has 1 radical (unpaired) electrons. The third-order valence-corrected chi connectivity index (χ3v) is 2.98. The highest BCUT2D eigenvalue weighted by atomic mass is 16.3. The van der Waals surface area contributed by atoms with Crippen LogP contribution in [0.2, 0.25) is 0 Å². The Morgan fingerprint density at radius 3 is 2.32 bits per heavy atom. The van der Waals surface area contributed by atoms with Gasteiger partial charge in [-0.15, -0.1) is 0 Å². The van der Waals surface area contributed by atoms with Crippen molar-refractivity contribution in [2.75, 3.05) is 13.1 Å². The molecular formula is C15H22NO3. The van der Waals surface area contributed by atoms with Crippen molar-refractivity contribution in [1.29, 1.82) is 0 Å². The Balaban J connectivity index is 2.87. The average molecular weight is 264 g/mol. The fraction of sp³-hybridized carbons (Fsp3) is 0.533. The molecule has 0 spiro atoms. The minimum absolute atomic E-state index is 0.0629. The van der Waals surface area contributed by atoms with E-state index in [1.54, 1.807) is 4.90 Å². The van der Waals surface area contributed by atoms with Crippen molar-refractivity contribution in [3.8, 4) is 11.5 Å². The minimum Gasteiger partial charge on any atom is -0.508 e. The topological polar surface area (TPSA) is 60.8 Å². The lowest BCUT2D eigenvalue weighted by molar-refractivity contribution is 0.0747. The highest BCUT2D eigenvalue weighted by molar-refractivity contribution is 5.97. The number of carbonyl (C=O) groups excluding carboxylic acids is 1. The Kier molecular flexibility index (Phi) is 6.19. The van der Waals surface area contributed by atoms with Crippen molar-refractivity contribution in [3.63, 3.8) is 0 Å². The Bertz CT molecular complexity index is 410. The molecule has 1 aromatic carbocycles. The third kappa shape index (κ3) is 4.47. The zero-order valence-electron chi connectivity index (χ0n) is 11.6. The lowest BCUT2D eigenvalue weighted by Crippen LogP contribution is -2.33. The number of phenols is 2. The Morgan fingerprint density at radius 2 is 1.79 bits per heavy atom. The minimum atomic E-state index is -0.244. The predicted octanol–water partition coefficient (Wildman–Crippen LogP) is 2.94. The second kappa shape index (κ2) is 7.67. The van der Waals surface area contributed by atoms with Crippen LogP contribution < -0.4 is 0 Å². The van der Waals surface area contributed by atoms with Gasteiger partial charge in [0.15, 0.2) is 0 Å². The second-order valence-electron chi connectivity index (χ2n) is 4.62. The highest BCUT2D eigenvalue weighted by Gasteiger charge is 2.18. The fourth-order valence-electron chi connectivity index (χ4n) is 1.82. The molecule has 2 N–H and O–H groups in total. The third-order valence-electron chi connectivity index (χ3n) is 2.98. The summed E-state index contributed by atoms with van der Waals surface area (Å²) in [7, 11) is 0. The van der Waals surface area contributed by atoms with Crippen LogP contribution in [-0.4, -0.2) is 34.1 Å². The van der Waals surface area contributed by atoms with Crippen LogP contribution in [-0.2, 0) is 0 Å². The van der Waals surface area contributed by atoms with Crippen LogP contribution in [0.1, 0.15) is 49.9 Å². The first kappa shape index (κ1) is 15.3. The summed E-state index contributed by atoms with van der Waals surface area (Å²) >= 11 is 0. The Hall–Kier alpha value is -1.71. The number of nitrogens with zero attached hydrogens (tertiary/aromatic N) is 1. The summed E-state index contributed by atoms with van der Waals surface area (Å²) in [5.41, 5.74) is 0.118. The maximum absolute atomic E-state index is 12.4. The summed E-state index contributed by atoms with van der Waals surface area (Å²) in [5, 5.41) is 19.1. The fourth-order valence-corrected chi connectivity index (χ4v) is 1.82. The smallest absolute Gasteiger partial charge is 0.257 e. The number of hydrogen-bond acceptors (Lipinski definition) is 3. The van der Waals surface area contributed by atoms with Crippen molar-refractivity contribution >= 4 is 5.91 Å². The molecule has 105 valence electrons. The number of hydrogen-bond donors (Lipinski definition) is 2. The zero-order chi connectivity index (χ0) is 14.3. The maximum atomic E-state index is 12.4. The number of amides is 1. The quantitative estimate of drug-likeness (QED) is 0.744. The first-order chi connectivity index (χ1) is 9.10. The van der Waals surface area contributed by atoms with Crippen molar-refractivity contribution < 1.29 is 15.0 Å². The van der Waals surface area contributed by atoms with E-state index >= 15 is 0 Å². The average Bonchev–Trinajstić information content (AvgIpc) is 2.41. The lowest BCUT2D eigenvalue weighted by Gasteiger charge is -2.22. The molecule has 0 heterocycles.